The van der Waals surface area contributed by atoms with Gasteiger partial charge in [-0.25, -0.2) is 0 Å². The van der Waals surface area contributed by atoms with Crippen LogP contribution in [0.2, 0.25) is 0 Å². The van der Waals surface area contributed by atoms with E-state index < -0.39 is 0 Å². The highest BCUT2D eigenvalue weighted by Crippen LogP contribution is 2.16. The van der Waals surface area contributed by atoms with E-state index in [0.29, 0.717) is 11.1 Å². The van der Waals surface area contributed by atoms with Gasteiger partial charge in [0.2, 0.25) is 0 Å². The number of amides is 2. The molecule has 2 amide bonds. The average molecular weight is 345 g/mol. The zero-order valence-corrected chi connectivity index (χ0v) is 15.8. The van der Waals surface area contributed by atoms with Crippen molar-refractivity contribution in [3.8, 4) is 0 Å². The minimum atomic E-state index is -0.000849. The molecule has 1 aromatic carbocycles. The third-order valence-corrected chi connectivity index (χ3v) is 4.81. The predicted octanol–water partition coefficient (Wildman–Crippen LogP) is 2.77. The molecule has 0 aliphatic carbocycles. The van der Waals surface area contributed by atoms with Gasteiger partial charge in [-0.2, -0.15) is 0 Å². The van der Waals surface area contributed by atoms with Crippen LogP contribution >= 0.6 is 0 Å². The van der Waals surface area contributed by atoms with E-state index in [1.165, 1.54) is 0 Å². The van der Waals surface area contributed by atoms with E-state index >= 15 is 0 Å². The van der Waals surface area contributed by atoms with Crippen LogP contribution in [-0.2, 0) is 0 Å². The van der Waals surface area contributed by atoms with Crippen LogP contribution in [-0.4, -0.2) is 60.9 Å². The molecule has 1 aliphatic rings. The molecule has 0 radical (unpaired) electrons. The van der Waals surface area contributed by atoms with E-state index in [1.807, 2.05) is 29.0 Å². The van der Waals surface area contributed by atoms with Crippen molar-refractivity contribution in [1.29, 1.82) is 0 Å². The largest absolute Gasteiger partial charge is 0.339 e. The van der Waals surface area contributed by atoms with Crippen molar-refractivity contribution in [1.82, 2.24) is 15.1 Å². The van der Waals surface area contributed by atoms with Gasteiger partial charge in [0.05, 0.1) is 0 Å². The Morgan fingerprint density at radius 2 is 1.60 bits per heavy atom. The molecule has 1 aliphatic heterocycles. The summed E-state index contributed by atoms with van der Waals surface area (Å²) in [5.41, 5.74) is 1.20. The van der Waals surface area contributed by atoms with Gasteiger partial charge < -0.3 is 15.1 Å². The maximum absolute atomic E-state index is 12.8. The number of piperidine rings is 1. The second kappa shape index (κ2) is 9.56. The van der Waals surface area contributed by atoms with Gasteiger partial charge in [-0.3, -0.25) is 9.59 Å². The van der Waals surface area contributed by atoms with E-state index in [0.717, 1.165) is 51.9 Å². The molecule has 1 aromatic rings. The smallest absolute Gasteiger partial charge is 0.253 e. The molecule has 138 valence electrons. The Hall–Kier alpha value is -1.88. The third-order valence-electron chi connectivity index (χ3n) is 4.81. The van der Waals surface area contributed by atoms with Crippen molar-refractivity contribution >= 4 is 11.8 Å². The van der Waals surface area contributed by atoms with Crippen molar-refractivity contribution in [2.24, 2.45) is 0 Å². The summed E-state index contributed by atoms with van der Waals surface area (Å²) in [5, 5.41) is 3.32. The number of nitrogens with one attached hydrogen (secondary N) is 1. The SMILES string of the molecule is CCCN(CCC)C(=O)c1cccc(C(=O)N(C)C2CCNCC2)c1. The van der Waals surface area contributed by atoms with Crippen LogP contribution in [0.25, 0.3) is 0 Å². The van der Waals surface area contributed by atoms with E-state index in [1.54, 1.807) is 12.1 Å². The van der Waals surface area contributed by atoms with Crippen LogP contribution in [0.15, 0.2) is 24.3 Å². The maximum Gasteiger partial charge on any atom is 0.253 e. The van der Waals surface area contributed by atoms with Gasteiger partial charge in [-0.15, -0.1) is 0 Å². The standard InChI is InChI=1S/C20H31N3O2/c1-4-13-23(14-5-2)20(25)17-8-6-7-16(15-17)19(24)22(3)18-9-11-21-12-10-18/h6-8,15,18,21H,4-5,9-14H2,1-3H3. The number of nitrogens with zero attached hydrogens (tertiary/aromatic N) is 2. The lowest BCUT2D eigenvalue weighted by molar-refractivity contribution is 0.0703. The molecule has 1 N–H and O–H groups in total. The fourth-order valence-corrected chi connectivity index (χ4v) is 3.39. The topological polar surface area (TPSA) is 52.7 Å². The van der Waals surface area contributed by atoms with E-state index in [-0.39, 0.29) is 17.9 Å². The number of benzene rings is 1. The zero-order chi connectivity index (χ0) is 18.2. The van der Waals surface area contributed by atoms with E-state index in [4.69, 9.17) is 0 Å². The summed E-state index contributed by atoms with van der Waals surface area (Å²) in [6.07, 6.45) is 3.81. The average Bonchev–Trinajstić information content (AvgIpc) is 2.67. The summed E-state index contributed by atoms with van der Waals surface area (Å²) < 4.78 is 0. The lowest BCUT2D eigenvalue weighted by atomic mass is 10.0. The van der Waals surface area contributed by atoms with Crippen LogP contribution in [0.1, 0.15) is 60.2 Å². The van der Waals surface area contributed by atoms with Crippen LogP contribution in [0.5, 0.6) is 0 Å². The van der Waals surface area contributed by atoms with Crippen LogP contribution in [0, 0.1) is 0 Å². The molecule has 0 aromatic heterocycles. The Bertz CT molecular complexity index is 576. The quantitative estimate of drug-likeness (QED) is 0.827. The lowest BCUT2D eigenvalue weighted by Gasteiger charge is -2.31. The Morgan fingerprint density at radius 3 is 2.16 bits per heavy atom. The minimum Gasteiger partial charge on any atom is -0.339 e. The molecule has 0 saturated carbocycles. The summed E-state index contributed by atoms with van der Waals surface area (Å²) in [4.78, 5) is 29.3. The predicted molar refractivity (Wildman–Crippen MR) is 101 cm³/mol. The molecule has 1 fully saturated rings. The molecule has 1 saturated heterocycles. The molecule has 0 atom stereocenters. The first-order valence-corrected chi connectivity index (χ1v) is 9.45. The highest BCUT2D eigenvalue weighted by molar-refractivity contribution is 5.99. The van der Waals surface area contributed by atoms with Crippen molar-refractivity contribution < 1.29 is 9.59 Å². The molecule has 1 heterocycles. The van der Waals surface area contributed by atoms with Gasteiger partial charge in [0.15, 0.2) is 0 Å². The number of carbonyl (C=O) groups is 2. The number of rotatable bonds is 7. The molecule has 0 unspecified atom stereocenters. The Morgan fingerprint density at radius 1 is 1.04 bits per heavy atom. The van der Waals surface area contributed by atoms with Gasteiger partial charge in [0, 0.05) is 37.3 Å². The normalized spacial score (nSPS) is 15.0. The Kier molecular flexibility index (Phi) is 7.44. The van der Waals surface area contributed by atoms with Crippen molar-refractivity contribution in [3.63, 3.8) is 0 Å². The van der Waals surface area contributed by atoms with Crippen molar-refractivity contribution in [2.45, 2.75) is 45.6 Å². The molecular formula is C20H31N3O2. The van der Waals surface area contributed by atoms with Crippen molar-refractivity contribution in [3.05, 3.63) is 35.4 Å². The van der Waals surface area contributed by atoms with Crippen LogP contribution in [0.3, 0.4) is 0 Å². The third kappa shape index (κ3) is 5.05. The van der Waals surface area contributed by atoms with E-state index in [2.05, 4.69) is 19.2 Å². The second-order valence-electron chi connectivity index (χ2n) is 6.77. The number of hydrogen-bond acceptors (Lipinski definition) is 3. The summed E-state index contributed by atoms with van der Waals surface area (Å²) in [6, 6.07) is 7.44. The maximum atomic E-state index is 12.8. The second-order valence-corrected chi connectivity index (χ2v) is 6.77. The van der Waals surface area contributed by atoms with E-state index in [9.17, 15) is 9.59 Å². The van der Waals surface area contributed by atoms with Gasteiger partial charge in [-0.1, -0.05) is 19.9 Å². The van der Waals surface area contributed by atoms with Crippen LogP contribution in [0.4, 0.5) is 0 Å². The first-order chi connectivity index (χ1) is 12.1. The summed E-state index contributed by atoms with van der Waals surface area (Å²) in [7, 11) is 1.87. The zero-order valence-electron chi connectivity index (χ0n) is 15.8. The first kappa shape index (κ1) is 19.4. The summed E-state index contributed by atoms with van der Waals surface area (Å²) in [6.45, 7) is 7.54. The highest BCUT2D eigenvalue weighted by Gasteiger charge is 2.23. The van der Waals surface area contributed by atoms with Gasteiger partial charge in [0.25, 0.3) is 11.8 Å². The fourth-order valence-electron chi connectivity index (χ4n) is 3.39. The fraction of sp³-hybridized carbons (Fsp3) is 0.600. The first-order valence-electron chi connectivity index (χ1n) is 9.45. The Labute approximate surface area is 151 Å². The Balaban J connectivity index is 2.13. The molecule has 0 bridgehead atoms. The summed E-state index contributed by atoms with van der Waals surface area (Å²) >= 11 is 0. The minimum absolute atomic E-state index is 0.000849. The highest BCUT2D eigenvalue weighted by atomic mass is 16.2. The van der Waals surface area contributed by atoms with Gasteiger partial charge in [-0.05, 0) is 57.0 Å². The molecule has 5 nitrogen and oxygen atoms in total. The molecule has 0 spiro atoms. The number of hydrogen-bond donors (Lipinski definition) is 1. The monoisotopic (exact) mass is 345 g/mol. The molecular weight excluding hydrogens is 314 g/mol. The van der Waals surface area contributed by atoms with Gasteiger partial charge in [0.1, 0.15) is 0 Å². The van der Waals surface area contributed by atoms with Crippen LogP contribution < -0.4 is 5.32 Å². The summed E-state index contributed by atoms with van der Waals surface area (Å²) in [5.74, 6) is 0.0157. The lowest BCUT2D eigenvalue weighted by Crippen LogP contribution is -2.44. The number of carbonyl (C=O) groups excluding carboxylic acids is 2. The van der Waals surface area contributed by atoms with Crippen molar-refractivity contribution in [2.75, 3.05) is 33.2 Å². The molecule has 5 heteroatoms. The molecule has 2 rings (SSSR count). The van der Waals surface area contributed by atoms with Gasteiger partial charge >= 0.3 is 0 Å². The molecule has 25 heavy (non-hydrogen) atoms.